The summed E-state index contributed by atoms with van der Waals surface area (Å²) in [6, 6.07) is 5.30. The minimum absolute atomic E-state index is 0.392. The van der Waals surface area contributed by atoms with Crippen molar-refractivity contribution in [3.05, 3.63) is 30.1 Å². The Morgan fingerprint density at radius 1 is 1.18 bits per heavy atom. The van der Waals surface area contributed by atoms with E-state index in [9.17, 15) is 14.0 Å². The van der Waals surface area contributed by atoms with Crippen LogP contribution in [0.25, 0.3) is 0 Å². The molecule has 5 nitrogen and oxygen atoms in total. The van der Waals surface area contributed by atoms with E-state index in [4.69, 9.17) is 9.47 Å². The Balaban J connectivity index is 2.27. The largest absolute Gasteiger partial charge is 0.454 e. The molecule has 122 valence electrons. The number of hydrogen-bond acceptors (Lipinski definition) is 4. The van der Waals surface area contributed by atoms with Gasteiger partial charge in [0.25, 0.3) is 5.91 Å². The molecule has 0 heterocycles. The first-order valence-electron chi connectivity index (χ1n) is 7.22. The van der Waals surface area contributed by atoms with E-state index in [1.54, 1.807) is 6.92 Å². The number of hydrogen-bond donors (Lipinski definition) is 1. The Morgan fingerprint density at radius 2 is 1.82 bits per heavy atom. The van der Waals surface area contributed by atoms with E-state index in [0.29, 0.717) is 18.2 Å². The van der Waals surface area contributed by atoms with Crippen molar-refractivity contribution in [3.8, 4) is 0 Å². The zero-order valence-electron chi connectivity index (χ0n) is 13.1. The summed E-state index contributed by atoms with van der Waals surface area (Å²) >= 11 is 0. The molecule has 0 bridgehead atoms. The van der Waals surface area contributed by atoms with E-state index in [0.717, 1.165) is 6.42 Å². The first-order chi connectivity index (χ1) is 10.4. The molecular weight excluding hydrogens is 289 g/mol. The average molecular weight is 311 g/mol. The second-order valence-electron chi connectivity index (χ2n) is 5.36. The van der Waals surface area contributed by atoms with Gasteiger partial charge in [0.15, 0.2) is 12.7 Å². The van der Waals surface area contributed by atoms with Gasteiger partial charge in [0.05, 0.1) is 0 Å². The molecule has 0 aliphatic rings. The first-order valence-corrected chi connectivity index (χ1v) is 7.22. The van der Waals surface area contributed by atoms with Gasteiger partial charge in [0.1, 0.15) is 5.82 Å². The van der Waals surface area contributed by atoms with Crippen LogP contribution in [-0.4, -0.2) is 31.2 Å². The molecule has 0 aromatic heterocycles. The number of ether oxygens (including phenoxy) is 2. The van der Waals surface area contributed by atoms with Gasteiger partial charge >= 0.3 is 5.97 Å². The molecular formula is C16H22FNO4. The van der Waals surface area contributed by atoms with Crippen LogP contribution < -0.4 is 5.32 Å². The van der Waals surface area contributed by atoms with Crippen LogP contribution in [0, 0.1) is 11.7 Å². The summed E-state index contributed by atoms with van der Waals surface area (Å²) in [4.78, 5) is 23.2. The SMILES string of the molecule is CC(C)CCOC(C)C(=O)OCC(=O)Nc1ccc(F)cc1. The summed E-state index contributed by atoms with van der Waals surface area (Å²) in [6.07, 6.45) is 0.139. The molecule has 1 amide bonds. The summed E-state index contributed by atoms with van der Waals surface area (Å²) in [5, 5.41) is 2.50. The van der Waals surface area contributed by atoms with Crippen LogP contribution in [-0.2, 0) is 19.1 Å². The molecule has 1 aromatic rings. The highest BCUT2D eigenvalue weighted by molar-refractivity contribution is 5.92. The average Bonchev–Trinajstić information content (AvgIpc) is 2.46. The third-order valence-corrected chi connectivity index (χ3v) is 2.87. The Labute approximate surface area is 129 Å². The van der Waals surface area contributed by atoms with E-state index in [2.05, 4.69) is 19.2 Å². The van der Waals surface area contributed by atoms with Gasteiger partial charge in [-0.2, -0.15) is 0 Å². The lowest BCUT2D eigenvalue weighted by Crippen LogP contribution is -2.28. The lowest BCUT2D eigenvalue weighted by atomic mass is 10.1. The van der Waals surface area contributed by atoms with Crippen LogP contribution in [0.3, 0.4) is 0 Å². The zero-order chi connectivity index (χ0) is 16.5. The minimum atomic E-state index is -0.711. The number of amides is 1. The van der Waals surface area contributed by atoms with Crippen LogP contribution >= 0.6 is 0 Å². The van der Waals surface area contributed by atoms with Crippen molar-refractivity contribution in [2.24, 2.45) is 5.92 Å². The summed E-state index contributed by atoms with van der Waals surface area (Å²) < 4.78 is 22.9. The second kappa shape index (κ2) is 9.15. The quantitative estimate of drug-likeness (QED) is 0.750. The predicted molar refractivity (Wildman–Crippen MR) is 80.9 cm³/mol. The standard InChI is InChI=1S/C16H22FNO4/c1-11(2)8-9-21-12(3)16(20)22-10-15(19)18-14-6-4-13(17)5-7-14/h4-7,11-12H,8-10H2,1-3H3,(H,18,19). The van der Waals surface area contributed by atoms with Crippen molar-refractivity contribution < 1.29 is 23.5 Å². The Hall–Kier alpha value is -1.95. The Morgan fingerprint density at radius 3 is 2.41 bits per heavy atom. The molecule has 0 saturated heterocycles. The Bertz CT molecular complexity index is 487. The summed E-state index contributed by atoms with van der Waals surface area (Å²) in [7, 11) is 0. The fourth-order valence-electron chi connectivity index (χ4n) is 1.53. The third kappa shape index (κ3) is 7.17. The molecule has 0 aliphatic carbocycles. The number of rotatable bonds is 8. The molecule has 0 spiro atoms. The van der Waals surface area contributed by atoms with Crippen molar-refractivity contribution in [3.63, 3.8) is 0 Å². The van der Waals surface area contributed by atoms with Gasteiger partial charge in [-0.05, 0) is 43.5 Å². The maximum atomic E-state index is 12.7. The minimum Gasteiger partial charge on any atom is -0.454 e. The van der Waals surface area contributed by atoms with Crippen molar-refractivity contribution in [2.75, 3.05) is 18.5 Å². The number of benzene rings is 1. The van der Waals surface area contributed by atoms with Gasteiger partial charge in [-0.25, -0.2) is 9.18 Å². The molecule has 0 radical (unpaired) electrons. The van der Waals surface area contributed by atoms with Crippen molar-refractivity contribution in [1.29, 1.82) is 0 Å². The number of esters is 1. The van der Waals surface area contributed by atoms with Crippen molar-refractivity contribution in [1.82, 2.24) is 0 Å². The van der Waals surface area contributed by atoms with E-state index in [-0.39, 0.29) is 0 Å². The molecule has 0 saturated carbocycles. The summed E-state index contributed by atoms with van der Waals surface area (Å²) in [5.74, 6) is -0.978. The van der Waals surface area contributed by atoms with Gasteiger partial charge in [-0.3, -0.25) is 4.79 Å². The van der Waals surface area contributed by atoms with Crippen molar-refractivity contribution >= 4 is 17.6 Å². The molecule has 1 unspecified atom stereocenters. The molecule has 1 rings (SSSR count). The molecule has 1 N–H and O–H groups in total. The van der Waals surface area contributed by atoms with Crippen LogP contribution in [0.15, 0.2) is 24.3 Å². The van der Waals surface area contributed by atoms with Gasteiger partial charge in [-0.1, -0.05) is 13.8 Å². The number of anilines is 1. The van der Waals surface area contributed by atoms with Gasteiger partial charge in [0.2, 0.25) is 0 Å². The van der Waals surface area contributed by atoms with Crippen LogP contribution in [0.4, 0.5) is 10.1 Å². The molecule has 22 heavy (non-hydrogen) atoms. The summed E-state index contributed by atoms with van der Waals surface area (Å²) in [6.45, 7) is 5.77. The first kappa shape index (κ1) is 18.1. The highest BCUT2D eigenvalue weighted by Gasteiger charge is 2.16. The maximum absolute atomic E-state index is 12.7. The monoisotopic (exact) mass is 311 g/mol. The van der Waals surface area contributed by atoms with Crippen molar-refractivity contribution in [2.45, 2.75) is 33.3 Å². The lowest BCUT2D eigenvalue weighted by molar-refractivity contribution is -0.158. The number of carbonyl (C=O) groups is 2. The highest BCUT2D eigenvalue weighted by Crippen LogP contribution is 2.08. The van der Waals surface area contributed by atoms with E-state index >= 15 is 0 Å². The normalized spacial score (nSPS) is 12.0. The number of halogens is 1. The fourth-order valence-corrected chi connectivity index (χ4v) is 1.53. The molecule has 0 fully saturated rings. The topological polar surface area (TPSA) is 64.6 Å². The summed E-state index contributed by atoms with van der Waals surface area (Å²) in [5.41, 5.74) is 0.434. The van der Waals surface area contributed by atoms with E-state index in [1.165, 1.54) is 24.3 Å². The van der Waals surface area contributed by atoms with Crippen LogP contribution in [0.1, 0.15) is 27.2 Å². The number of carbonyl (C=O) groups excluding carboxylic acids is 2. The third-order valence-electron chi connectivity index (χ3n) is 2.87. The predicted octanol–water partition coefficient (Wildman–Crippen LogP) is 2.76. The second-order valence-corrected chi connectivity index (χ2v) is 5.36. The molecule has 6 heteroatoms. The molecule has 0 aliphatic heterocycles. The smallest absolute Gasteiger partial charge is 0.335 e. The Kier molecular flexibility index (Phi) is 7.52. The van der Waals surface area contributed by atoms with Gasteiger partial charge in [-0.15, -0.1) is 0 Å². The maximum Gasteiger partial charge on any atom is 0.335 e. The fraction of sp³-hybridized carbons (Fsp3) is 0.500. The highest BCUT2D eigenvalue weighted by atomic mass is 19.1. The van der Waals surface area contributed by atoms with E-state index in [1.807, 2.05) is 0 Å². The zero-order valence-corrected chi connectivity index (χ0v) is 13.1. The van der Waals surface area contributed by atoms with Gasteiger partial charge < -0.3 is 14.8 Å². The molecule has 1 atom stereocenters. The lowest BCUT2D eigenvalue weighted by Gasteiger charge is -2.13. The molecule has 1 aromatic carbocycles. The van der Waals surface area contributed by atoms with E-state index < -0.39 is 30.4 Å². The number of nitrogens with one attached hydrogen (secondary N) is 1. The van der Waals surface area contributed by atoms with Gasteiger partial charge in [0, 0.05) is 12.3 Å². The van der Waals surface area contributed by atoms with Crippen LogP contribution in [0.5, 0.6) is 0 Å². The van der Waals surface area contributed by atoms with Crippen LogP contribution in [0.2, 0.25) is 0 Å².